The molecule has 0 saturated carbocycles. The van der Waals surface area contributed by atoms with Gasteiger partial charge in [-0.1, -0.05) is 24.3 Å². The van der Waals surface area contributed by atoms with E-state index < -0.39 is 11.6 Å². The van der Waals surface area contributed by atoms with Gasteiger partial charge in [-0.2, -0.15) is 0 Å². The summed E-state index contributed by atoms with van der Waals surface area (Å²) in [4.78, 5) is 10.7. The summed E-state index contributed by atoms with van der Waals surface area (Å²) in [5, 5.41) is 22.3. The van der Waals surface area contributed by atoms with Crippen LogP contribution >= 0.6 is 0 Å². The summed E-state index contributed by atoms with van der Waals surface area (Å²) in [5.41, 5.74) is -1.29. The van der Waals surface area contributed by atoms with Crippen LogP contribution in [0.5, 0.6) is 0 Å². The van der Waals surface area contributed by atoms with E-state index in [1.807, 2.05) is 18.2 Å². The molecule has 4 heteroatoms. The fourth-order valence-corrected chi connectivity index (χ4v) is 1.80. The van der Waals surface area contributed by atoms with E-state index in [1.165, 1.54) is 19.1 Å². The molecule has 88 valence electrons. The molecule has 0 saturated heterocycles. The van der Waals surface area contributed by atoms with Crippen LogP contribution in [0.3, 0.4) is 0 Å². The van der Waals surface area contributed by atoms with Crippen molar-refractivity contribution in [2.75, 3.05) is 0 Å². The van der Waals surface area contributed by atoms with Gasteiger partial charge >= 0.3 is 0 Å². The lowest BCUT2D eigenvalue weighted by molar-refractivity contribution is -0.530. The number of benzene rings is 1. The van der Waals surface area contributed by atoms with Crippen LogP contribution in [0.25, 0.3) is 12.2 Å². The maximum atomic E-state index is 11.1. The molecule has 0 bridgehead atoms. The molecule has 1 aliphatic carbocycles. The summed E-state index contributed by atoms with van der Waals surface area (Å²) in [6.45, 7) is 1.51. The molecule has 0 aliphatic heterocycles. The minimum absolute atomic E-state index is 0.363. The molecule has 4 nitrogen and oxygen atoms in total. The Balaban J connectivity index is 2.77. The second kappa shape index (κ2) is 4.14. The monoisotopic (exact) mass is 231 g/mol. The highest BCUT2D eigenvalue weighted by Gasteiger charge is 2.31. The number of hydrogen-bond acceptors (Lipinski definition) is 3. The first-order valence-corrected chi connectivity index (χ1v) is 5.33. The van der Waals surface area contributed by atoms with E-state index >= 15 is 0 Å². The lowest BCUT2D eigenvalue weighted by Gasteiger charge is -2.14. The number of aliphatic hydroxyl groups is 1. The molecule has 1 aliphatic rings. The van der Waals surface area contributed by atoms with Gasteiger partial charge in [0.15, 0.2) is 0 Å². The third kappa shape index (κ3) is 2.26. The molecule has 17 heavy (non-hydrogen) atoms. The van der Waals surface area contributed by atoms with Gasteiger partial charge in [-0.05, 0) is 28.7 Å². The van der Waals surface area contributed by atoms with Crippen molar-refractivity contribution in [1.82, 2.24) is 0 Å². The van der Waals surface area contributed by atoms with Gasteiger partial charge in [-0.15, -0.1) is 0 Å². The smallest absolute Gasteiger partial charge is 0.256 e. The van der Waals surface area contributed by atoms with E-state index in [1.54, 1.807) is 18.2 Å². The standard InChI is InChI=1S/C13H13NO3/c1-13(14(16)17)7-6-12(15)8-10-4-2-3-5-11(10)9-13/h2-9,12,15H,1H3/t12?,13-/m1/s1. The molecular formula is C13H13NO3. The normalized spacial score (nSPS) is 27.1. The lowest BCUT2D eigenvalue weighted by Crippen LogP contribution is -2.37. The molecule has 0 radical (unpaired) electrons. The van der Waals surface area contributed by atoms with Crippen molar-refractivity contribution < 1.29 is 10.0 Å². The third-order valence-electron chi connectivity index (χ3n) is 2.82. The molecular weight excluding hydrogens is 218 g/mol. The first-order chi connectivity index (χ1) is 8.01. The predicted molar refractivity (Wildman–Crippen MR) is 65.2 cm³/mol. The molecule has 2 atom stereocenters. The highest BCUT2D eigenvalue weighted by Crippen LogP contribution is 2.14. The average Bonchev–Trinajstić information content (AvgIpc) is 2.27. The van der Waals surface area contributed by atoms with Crippen LogP contribution in [0.1, 0.15) is 6.92 Å². The number of fused-ring (bicyclic) bond motifs is 1. The minimum atomic E-state index is -1.29. The second-order valence-corrected chi connectivity index (χ2v) is 4.27. The number of aliphatic hydroxyl groups excluding tert-OH is 1. The van der Waals surface area contributed by atoms with Crippen molar-refractivity contribution in [3.05, 3.63) is 57.0 Å². The fraction of sp³-hybridized carbons (Fsp3) is 0.231. The third-order valence-corrected chi connectivity index (χ3v) is 2.82. The van der Waals surface area contributed by atoms with Crippen LogP contribution in [-0.4, -0.2) is 21.7 Å². The van der Waals surface area contributed by atoms with Gasteiger partial charge in [0.2, 0.25) is 0 Å². The maximum absolute atomic E-state index is 11.1. The molecule has 1 aromatic rings. The molecule has 0 aromatic heterocycles. The van der Waals surface area contributed by atoms with Crippen LogP contribution in [-0.2, 0) is 0 Å². The van der Waals surface area contributed by atoms with Gasteiger partial charge in [0.1, 0.15) is 0 Å². The molecule has 1 unspecified atom stereocenters. The zero-order valence-corrected chi connectivity index (χ0v) is 9.41. The summed E-state index contributed by atoms with van der Waals surface area (Å²) in [6, 6.07) is 7.29. The van der Waals surface area contributed by atoms with Crippen molar-refractivity contribution >= 4 is 12.2 Å². The highest BCUT2D eigenvalue weighted by molar-refractivity contribution is 5.46. The van der Waals surface area contributed by atoms with E-state index in [0.717, 1.165) is 10.4 Å². The summed E-state index contributed by atoms with van der Waals surface area (Å²) in [6.07, 6.45) is 5.33. The average molecular weight is 231 g/mol. The molecule has 0 spiro atoms. The van der Waals surface area contributed by atoms with Crippen molar-refractivity contribution in [3.63, 3.8) is 0 Å². The summed E-state index contributed by atoms with van der Waals surface area (Å²) in [7, 11) is 0. The minimum Gasteiger partial charge on any atom is -0.385 e. The zero-order valence-electron chi connectivity index (χ0n) is 9.41. The predicted octanol–water partition coefficient (Wildman–Crippen LogP) is 0.214. The molecule has 0 heterocycles. The maximum Gasteiger partial charge on any atom is 0.256 e. The van der Waals surface area contributed by atoms with E-state index in [9.17, 15) is 15.2 Å². The van der Waals surface area contributed by atoms with Gasteiger partial charge < -0.3 is 5.11 Å². The van der Waals surface area contributed by atoms with Gasteiger partial charge in [0, 0.05) is 17.9 Å². The number of nitro groups is 1. The Kier molecular flexibility index (Phi) is 2.81. The first-order valence-electron chi connectivity index (χ1n) is 5.33. The molecule has 2 rings (SSSR count). The van der Waals surface area contributed by atoms with Crippen molar-refractivity contribution in [1.29, 1.82) is 0 Å². The largest absolute Gasteiger partial charge is 0.385 e. The van der Waals surface area contributed by atoms with E-state index in [4.69, 9.17) is 0 Å². The quantitative estimate of drug-likeness (QED) is 0.427. The van der Waals surface area contributed by atoms with Gasteiger partial charge in [-0.3, -0.25) is 10.1 Å². The van der Waals surface area contributed by atoms with Crippen molar-refractivity contribution in [2.24, 2.45) is 0 Å². The fourth-order valence-electron chi connectivity index (χ4n) is 1.80. The van der Waals surface area contributed by atoms with Crippen LogP contribution in [0.15, 0.2) is 36.4 Å². The van der Waals surface area contributed by atoms with Crippen LogP contribution < -0.4 is 10.4 Å². The van der Waals surface area contributed by atoms with E-state index in [0.29, 0.717) is 0 Å². The summed E-state index contributed by atoms with van der Waals surface area (Å²) < 4.78 is 0. The van der Waals surface area contributed by atoms with Crippen LogP contribution in [0, 0.1) is 10.1 Å². The Labute approximate surface area is 98.4 Å². The highest BCUT2D eigenvalue weighted by atomic mass is 16.6. The Morgan fingerprint density at radius 2 is 2.00 bits per heavy atom. The summed E-state index contributed by atoms with van der Waals surface area (Å²) >= 11 is 0. The Bertz CT molecular complexity index is 591. The molecule has 0 fully saturated rings. The van der Waals surface area contributed by atoms with Crippen LogP contribution in [0.2, 0.25) is 0 Å². The summed E-state index contributed by atoms with van der Waals surface area (Å²) in [5.74, 6) is 0. The molecule has 1 aromatic carbocycles. The zero-order chi connectivity index (χ0) is 12.5. The lowest BCUT2D eigenvalue weighted by atomic mass is 9.97. The van der Waals surface area contributed by atoms with Gasteiger partial charge in [0.05, 0.1) is 6.10 Å². The van der Waals surface area contributed by atoms with Gasteiger partial charge in [0.25, 0.3) is 5.54 Å². The van der Waals surface area contributed by atoms with Crippen molar-refractivity contribution in [2.45, 2.75) is 18.6 Å². The van der Waals surface area contributed by atoms with Crippen molar-refractivity contribution in [3.8, 4) is 0 Å². The number of hydrogen-bond donors (Lipinski definition) is 1. The Morgan fingerprint density at radius 1 is 1.35 bits per heavy atom. The molecule has 1 N–H and O–H groups in total. The van der Waals surface area contributed by atoms with Gasteiger partial charge in [-0.25, -0.2) is 0 Å². The number of rotatable bonds is 1. The molecule has 0 amide bonds. The van der Waals surface area contributed by atoms with E-state index in [-0.39, 0.29) is 4.92 Å². The first kappa shape index (κ1) is 11.5. The SMILES string of the molecule is C[C@@]1([N+](=O)[O-])C=CC(O)C=c2ccccc2=C1. The Hall–Kier alpha value is -1.94. The second-order valence-electron chi connectivity index (χ2n) is 4.27. The topological polar surface area (TPSA) is 63.4 Å². The number of nitrogens with zero attached hydrogens (tertiary/aromatic N) is 1. The Morgan fingerprint density at radius 3 is 2.65 bits per heavy atom. The van der Waals surface area contributed by atoms with E-state index in [2.05, 4.69) is 0 Å². The van der Waals surface area contributed by atoms with Crippen LogP contribution in [0.4, 0.5) is 0 Å².